The summed E-state index contributed by atoms with van der Waals surface area (Å²) in [5.41, 5.74) is 1.95. The zero-order chi connectivity index (χ0) is 22.2. The van der Waals surface area contributed by atoms with Crippen LogP contribution in [0.1, 0.15) is 61.7 Å². The Labute approximate surface area is 190 Å². The molecule has 0 aromatic heterocycles. The van der Waals surface area contributed by atoms with Gasteiger partial charge in [0.25, 0.3) is 0 Å². The van der Waals surface area contributed by atoms with Crippen LogP contribution >= 0.6 is 0 Å². The van der Waals surface area contributed by atoms with Crippen LogP contribution in [0.2, 0.25) is 0 Å². The van der Waals surface area contributed by atoms with Crippen LogP contribution in [0, 0.1) is 0 Å². The van der Waals surface area contributed by atoms with E-state index in [2.05, 4.69) is 21.3 Å². The number of carbonyl (C=O) groups is 2. The highest BCUT2D eigenvalue weighted by molar-refractivity contribution is 5.84. The van der Waals surface area contributed by atoms with Crippen LogP contribution in [0.5, 0.6) is 0 Å². The Morgan fingerprint density at radius 1 is 0.656 bits per heavy atom. The monoisotopic (exact) mass is 434 g/mol. The van der Waals surface area contributed by atoms with Gasteiger partial charge in [0.2, 0.25) is 11.8 Å². The fraction of sp³-hybridized carbons (Fsp3) is 0.462. The van der Waals surface area contributed by atoms with Crippen molar-refractivity contribution in [1.82, 2.24) is 21.3 Å². The molecular formula is C26H34N4O2. The number of benzene rings is 2. The van der Waals surface area contributed by atoms with Gasteiger partial charge in [0.15, 0.2) is 0 Å². The zero-order valence-electron chi connectivity index (χ0n) is 18.6. The van der Waals surface area contributed by atoms with Gasteiger partial charge in [-0.3, -0.25) is 9.59 Å². The quantitative estimate of drug-likeness (QED) is 0.540. The van der Waals surface area contributed by atoms with Gasteiger partial charge in [-0.2, -0.15) is 0 Å². The molecule has 4 N–H and O–H groups in total. The maximum absolute atomic E-state index is 13.2. The van der Waals surface area contributed by atoms with Crippen LogP contribution in [0.3, 0.4) is 0 Å². The van der Waals surface area contributed by atoms with E-state index < -0.39 is 0 Å². The average molecular weight is 435 g/mol. The lowest BCUT2D eigenvalue weighted by Crippen LogP contribution is -2.52. The standard InChI is InChI=1S/C26H34N4O2/c31-25(21-15-7-9-17-27-21)29-23(19-11-3-1-4-12-19)24(20-13-5-2-6-14-20)30-26(32)22-16-8-10-18-28-22/h1-6,11-14,21-24,27-28H,7-10,15-18H2,(H,29,31)(H,30,32)/t21-,22-,23+,24+/m0/s1. The van der Waals surface area contributed by atoms with Gasteiger partial charge in [0.05, 0.1) is 24.2 Å². The van der Waals surface area contributed by atoms with Crippen molar-refractivity contribution in [3.05, 3.63) is 71.8 Å². The highest BCUT2D eigenvalue weighted by Crippen LogP contribution is 2.30. The number of carbonyl (C=O) groups excluding carboxylic acids is 2. The lowest BCUT2D eigenvalue weighted by atomic mass is 9.91. The van der Waals surface area contributed by atoms with Gasteiger partial charge in [-0.15, -0.1) is 0 Å². The molecule has 6 heteroatoms. The molecule has 2 fully saturated rings. The van der Waals surface area contributed by atoms with E-state index in [1.807, 2.05) is 60.7 Å². The second-order valence-corrected chi connectivity index (χ2v) is 8.80. The Balaban J connectivity index is 1.62. The second kappa shape index (κ2) is 11.2. The molecule has 32 heavy (non-hydrogen) atoms. The van der Waals surface area contributed by atoms with Crippen LogP contribution < -0.4 is 21.3 Å². The number of hydrogen-bond donors (Lipinski definition) is 4. The molecule has 0 saturated carbocycles. The summed E-state index contributed by atoms with van der Waals surface area (Å²) < 4.78 is 0. The smallest absolute Gasteiger partial charge is 0.237 e. The third-order valence-corrected chi connectivity index (χ3v) is 6.50. The third kappa shape index (κ3) is 5.75. The molecule has 4 atom stereocenters. The molecule has 2 aromatic carbocycles. The maximum atomic E-state index is 13.2. The summed E-state index contributed by atoms with van der Waals surface area (Å²) in [5.74, 6) is -0.0194. The van der Waals surface area contributed by atoms with Gasteiger partial charge in [-0.25, -0.2) is 0 Å². The summed E-state index contributed by atoms with van der Waals surface area (Å²) in [6.45, 7) is 1.72. The predicted octanol–water partition coefficient (Wildman–Crippen LogP) is 2.99. The Hall–Kier alpha value is -2.70. The molecule has 2 amide bonds. The molecule has 2 aliphatic rings. The topological polar surface area (TPSA) is 82.3 Å². The molecule has 2 aliphatic heterocycles. The highest BCUT2D eigenvalue weighted by atomic mass is 16.2. The second-order valence-electron chi connectivity index (χ2n) is 8.80. The average Bonchev–Trinajstić information content (AvgIpc) is 2.88. The molecule has 4 rings (SSSR count). The fourth-order valence-electron chi connectivity index (χ4n) is 4.70. The molecule has 0 bridgehead atoms. The molecule has 6 nitrogen and oxygen atoms in total. The van der Waals surface area contributed by atoms with Gasteiger partial charge in [-0.05, 0) is 49.9 Å². The molecule has 2 heterocycles. The van der Waals surface area contributed by atoms with Crippen molar-refractivity contribution in [3.63, 3.8) is 0 Å². The van der Waals surface area contributed by atoms with Crippen LogP contribution in [0.25, 0.3) is 0 Å². The van der Waals surface area contributed by atoms with E-state index in [4.69, 9.17) is 0 Å². The molecule has 0 radical (unpaired) electrons. The maximum Gasteiger partial charge on any atom is 0.237 e. The van der Waals surface area contributed by atoms with Crippen LogP contribution in [-0.4, -0.2) is 37.0 Å². The summed E-state index contributed by atoms with van der Waals surface area (Å²) in [7, 11) is 0. The van der Waals surface area contributed by atoms with E-state index in [-0.39, 0.29) is 36.0 Å². The van der Waals surface area contributed by atoms with E-state index >= 15 is 0 Å². The number of nitrogens with one attached hydrogen (secondary N) is 4. The molecular weight excluding hydrogens is 400 g/mol. The van der Waals surface area contributed by atoms with Crippen LogP contribution in [0.4, 0.5) is 0 Å². The zero-order valence-corrected chi connectivity index (χ0v) is 18.6. The predicted molar refractivity (Wildman–Crippen MR) is 126 cm³/mol. The van der Waals surface area contributed by atoms with Crippen molar-refractivity contribution in [2.24, 2.45) is 0 Å². The highest BCUT2D eigenvalue weighted by Gasteiger charge is 2.32. The molecule has 0 aliphatic carbocycles. The largest absolute Gasteiger partial charge is 0.345 e. The fourth-order valence-corrected chi connectivity index (χ4v) is 4.70. The van der Waals surface area contributed by atoms with Crippen LogP contribution in [0.15, 0.2) is 60.7 Å². The number of piperidine rings is 2. The minimum atomic E-state index is -0.373. The van der Waals surface area contributed by atoms with Gasteiger partial charge in [-0.1, -0.05) is 73.5 Å². The first-order valence-corrected chi connectivity index (χ1v) is 11.9. The van der Waals surface area contributed by atoms with Crippen molar-refractivity contribution in [2.45, 2.75) is 62.7 Å². The van der Waals surface area contributed by atoms with E-state index in [1.54, 1.807) is 0 Å². The first-order chi connectivity index (χ1) is 15.7. The van der Waals surface area contributed by atoms with Crippen molar-refractivity contribution >= 4 is 11.8 Å². The Bertz CT molecular complexity index is 788. The van der Waals surface area contributed by atoms with Crippen molar-refractivity contribution < 1.29 is 9.59 Å². The first-order valence-electron chi connectivity index (χ1n) is 11.9. The minimum Gasteiger partial charge on any atom is -0.345 e. The normalized spacial score (nSPS) is 23.0. The van der Waals surface area contributed by atoms with Gasteiger partial charge < -0.3 is 21.3 Å². The Morgan fingerprint density at radius 2 is 1.06 bits per heavy atom. The van der Waals surface area contributed by atoms with Gasteiger partial charge in [0, 0.05) is 0 Å². The summed E-state index contributed by atoms with van der Waals surface area (Å²) in [4.78, 5) is 26.4. The lowest BCUT2D eigenvalue weighted by Gasteiger charge is -2.33. The van der Waals surface area contributed by atoms with Crippen molar-refractivity contribution in [3.8, 4) is 0 Å². The van der Waals surface area contributed by atoms with E-state index in [9.17, 15) is 9.59 Å². The first kappa shape index (κ1) is 22.5. The number of rotatable bonds is 7. The van der Waals surface area contributed by atoms with Crippen molar-refractivity contribution in [2.75, 3.05) is 13.1 Å². The Kier molecular flexibility index (Phi) is 7.91. The summed E-state index contributed by atoms with van der Waals surface area (Å²) in [6.07, 6.45) is 5.97. The van der Waals surface area contributed by atoms with Crippen LogP contribution in [-0.2, 0) is 9.59 Å². The van der Waals surface area contributed by atoms with E-state index in [1.165, 1.54) is 0 Å². The van der Waals surface area contributed by atoms with Gasteiger partial charge in [0.1, 0.15) is 0 Å². The van der Waals surface area contributed by atoms with E-state index in [0.29, 0.717) is 0 Å². The van der Waals surface area contributed by atoms with E-state index in [0.717, 1.165) is 62.7 Å². The lowest BCUT2D eigenvalue weighted by molar-refractivity contribution is -0.127. The molecule has 170 valence electrons. The molecule has 2 aromatic rings. The number of amides is 2. The summed E-state index contributed by atoms with van der Waals surface area (Å²) >= 11 is 0. The SMILES string of the molecule is O=C(N[C@H](c1ccccc1)[C@H](NC(=O)[C@@H]1CCCCN1)c1ccccc1)[C@@H]1CCCCN1. The summed E-state index contributed by atoms with van der Waals surface area (Å²) in [6, 6.07) is 18.7. The molecule has 0 spiro atoms. The minimum absolute atomic E-state index is 0.00970. The summed E-state index contributed by atoms with van der Waals surface area (Å²) in [5, 5.41) is 13.2. The molecule has 0 unspecified atom stereocenters. The van der Waals surface area contributed by atoms with Gasteiger partial charge >= 0.3 is 0 Å². The Morgan fingerprint density at radius 3 is 1.41 bits per heavy atom. The third-order valence-electron chi connectivity index (χ3n) is 6.50. The number of hydrogen-bond acceptors (Lipinski definition) is 4. The molecule has 2 saturated heterocycles. The van der Waals surface area contributed by atoms with Crippen molar-refractivity contribution in [1.29, 1.82) is 0 Å².